The van der Waals surface area contributed by atoms with Gasteiger partial charge in [0.15, 0.2) is 4.34 Å². The van der Waals surface area contributed by atoms with E-state index in [-0.39, 0.29) is 5.91 Å². The van der Waals surface area contributed by atoms with Gasteiger partial charge in [-0.2, -0.15) is 0 Å². The summed E-state index contributed by atoms with van der Waals surface area (Å²) < 4.78 is 6.04. The predicted molar refractivity (Wildman–Crippen MR) is 117 cm³/mol. The molecule has 0 saturated carbocycles. The standard InChI is InChI=1S/C21H21N3O2S2/c1-14(2)27-21-24-23-20(28-21)22-19(25)18(16-7-5-4-6-8-16)13-15-9-11-17(26-3)12-10-15/h4-14H,1-3H3,(H,22,23,25)/b18-13+. The quantitative estimate of drug-likeness (QED) is 0.250. The third-order valence-electron chi connectivity index (χ3n) is 3.72. The van der Waals surface area contributed by atoms with E-state index in [1.54, 1.807) is 18.9 Å². The highest BCUT2D eigenvalue weighted by Gasteiger charge is 2.15. The summed E-state index contributed by atoms with van der Waals surface area (Å²) in [6, 6.07) is 17.1. The number of carbonyl (C=O) groups excluding carboxylic acids is 1. The van der Waals surface area contributed by atoms with Gasteiger partial charge in [0, 0.05) is 10.8 Å². The molecule has 3 rings (SSSR count). The summed E-state index contributed by atoms with van der Waals surface area (Å²) >= 11 is 3.00. The Balaban J connectivity index is 1.87. The first kappa shape index (κ1) is 20.1. The molecule has 0 aliphatic heterocycles. The number of methoxy groups -OCH3 is 1. The van der Waals surface area contributed by atoms with Gasteiger partial charge in [-0.05, 0) is 29.3 Å². The Kier molecular flexibility index (Phi) is 6.84. The van der Waals surface area contributed by atoms with Crippen molar-refractivity contribution in [1.82, 2.24) is 10.2 Å². The largest absolute Gasteiger partial charge is 0.497 e. The van der Waals surface area contributed by atoms with E-state index in [0.717, 1.165) is 21.2 Å². The van der Waals surface area contributed by atoms with Crippen LogP contribution in [0.15, 0.2) is 58.9 Å². The first-order chi connectivity index (χ1) is 13.5. The van der Waals surface area contributed by atoms with Gasteiger partial charge in [0.25, 0.3) is 5.91 Å². The highest BCUT2D eigenvalue weighted by atomic mass is 32.2. The van der Waals surface area contributed by atoms with Crippen molar-refractivity contribution in [3.8, 4) is 5.75 Å². The van der Waals surface area contributed by atoms with E-state index in [2.05, 4.69) is 29.4 Å². The second-order valence-corrected chi connectivity index (χ2v) is 8.99. The zero-order chi connectivity index (χ0) is 19.9. The van der Waals surface area contributed by atoms with E-state index >= 15 is 0 Å². The number of hydrogen-bond acceptors (Lipinski definition) is 6. The van der Waals surface area contributed by atoms with Crippen molar-refractivity contribution in [2.24, 2.45) is 0 Å². The topological polar surface area (TPSA) is 64.1 Å². The van der Waals surface area contributed by atoms with Crippen molar-refractivity contribution in [1.29, 1.82) is 0 Å². The summed E-state index contributed by atoms with van der Waals surface area (Å²) in [5.74, 6) is 0.547. The van der Waals surface area contributed by atoms with E-state index < -0.39 is 0 Å². The molecule has 0 fully saturated rings. The maximum Gasteiger partial charge on any atom is 0.258 e. The number of rotatable bonds is 7. The van der Waals surface area contributed by atoms with Crippen molar-refractivity contribution in [3.63, 3.8) is 0 Å². The van der Waals surface area contributed by atoms with Crippen molar-refractivity contribution < 1.29 is 9.53 Å². The van der Waals surface area contributed by atoms with Gasteiger partial charge >= 0.3 is 0 Å². The SMILES string of the molecule is COc1ccc(/C=C(/C(=O)Nc2nnc(SC(C)C)s2)c2ccccc2)cc1. The summed E-state index contributed by atoms with van der Waals surface area (Å²) in [5.41, 5.74) is 2.29. The monoisotopic (exact) mass is 411 g/mol. The predicted octanol–water partition coefficient (Wildman–Crippen LogP) is 5.23. The van der Waals surface area contributed by atoms with Crippen LogP contribution in [-0.4, -0.2) is 28.5 Å². The van der Waals surface area contributed by atoms with E-state index in [1.807, 2.05) is 60.7 Å². The second kappa shape index (κ2) is 9.52. The first-order valence-corrected chi connectivity index (χ1v) is 10.5. The summed E-state index contributed by atoms with van der Waals surface area (Å²) in [6.45, 7) is 4.19. The lowest BCUT2D eigenvalue weighted by Crippen LogP contribution is -2.13. The number of hydrogen-bond donors (Lipinski definition) is 1. The molecule has 28 heavy (non-hydrogen) atoms. The van der Waals surface area contributed by atoms with Crippen LogP contribution in [0.4, 0.5) is 5.13 Å². The van der Waals surface area contributed by atoms with Crippen molar-refractivity contribution >= 4 is 45.8 Å². The number of ether oxygens (including phenoxy) is 1. The molecule has 1 heterocycles. The highest BCUT2D eigenvalue weighted by Crippen LogP contribution is 2.29. The summed E-state index contributed by atoms with van der Waals surface area (Å²) in [4.78, 5) is 13.0. The average Bonchev–Trinajstić information content (AvgIpc) is 3.13. The Bertz CT molecular complexity index is 951. The van der Waals surface area contributed by atoms with E-state index in [9.17, 15) is 4.79 Å². The molecule has 5 nitrogen and oxygen atoms in total. The van der Waals surface area contributed by atoms with E-state index in [1.165, 1.54) is 11.3 Å². The molecule has 0 aliphatic carbocycles. The summed E-state index contributed by atoms with van der Waals surface area (Å²) in [7, 11) is 1.63. The lowest BCUT2D eigenvalue weighted by Gasteiger charge is -2.08. The van der Waals surface area contributed by atoms with Crippen molar-refractivity contribution in [2.45, 2.75) is 23.4 Å². The molecule has 0 unspecified atom stereocenters. The van der Waals surface area contributed by atoms with Crippen LogP contribution in [-0.2, 0) is 4.79 Å². The summed E-state index contributed by atoms with van der Waals surface area (Å²) in [5, 5.41) is 12.0. The molecule has 7 heteroatoms. The lowest BCUT2D eigenvalue weighted by molar-refractivity contribution is -0.111. The number of benzene rings is 2. The number of thioether (sulfide) groups is 1. The Hall–Kier alpha value is -2.64. The normalized spacial score (nSPS) is 11.5. The number of amides is 1. The van der Waals surface area contributed by atoms with Gasteiger partial charge in [-0.3, -0.25) is 10.1 Å². The Morgan fingerprint density at radius 2 is 1.82 bits per heavy atom. The van der Waals surface area contributed by atoms with Gasteiger partial charge in [-0.25, -0.2) is 0 Å². The van der Waals surface area contributed by atoms with Crippen LogP contribution in [0, 0.1) is 0 Å². The number of aromatic nitrogens is 2. The second-order valence-electron chi connectivity index (χ2n) is 6.19. The zero-order valence-electron chi connectivity index (χ0n) is 15.9. The molecule has 3 aromatic rings. The van der Waals surface area contributed by atoms with Crippen molar-refractivity contribution in [3.05, 3.63) is 65.7 Å². The molecule has 1 N–H and O–H groups in total. The molecular formula is C21H21N3O2S2. The minimum Gasteiger partial charge on any atom is -0.497 e. The molecule has 0 spiro atoms. The molecule has 0 radical (unpaired) electrons. The average molecular weight is 412 g/mol. The van der Waals surface area contributed by atoms with E-state index in [0.29, 0.717) is 16.0 Å². The third kappa shape index (κ3) is 5.43. The molecule has 1 amide bonds. The van der Waals surface area contributed by atoms with Gasteiger partial charge < -0.3 is 4.74 Å². The lowest BCUT2D eigenvalue weighted by atomic mass is 10.0. The fourth-order valence-corrected chi connectivity index (χ4v) is 4.41. The Morgan fingerprint density at radius 1 is 1.11 bits per heavy atom. The van der Waals surface area contributed by atoms with Crippen molar-refractivity contribution in [2.75, 3.05) is 12.4 Å². The highest BCUT2D eigenvalue weighted by molar-refractivity contribution is 8.01. The Morgan fingerprint density at radius 3 is 2.46 bits per heavy atom. The number of anilines is 1. The van der Waals surface area contributed by atoms with Gasteiger partial charge in [0.05, 0.1) is 7.11 Å². The number of nitrogens with zero attached hydrogens (tertiary/aromatic N) is 2. The third-order valence-corrected chi connectivity index (χ3v) is 5.65. The van der Waals surface area contributed by atoms with Gasteiger partial charge in [-0.1, -0.05) is 79.4 Å². The van der Waals surface area contributed by atoms with Crippen LogP contribution in [0.3, 0.4) is 0 Å². The fourth-order valence-electron chi connectivity index (χ4n) is 2.44. The van der Waals surface area contributed by atoms with Crippen LogP contribution in [0.2, 0.25) is 0 Å². The minimum absolute atomic E-state index is 0.223. The molecule has 1 aromatic heterocycles. The van der Waals surface area contributed by atoms with Gasteiger partial charge in [-0.15, -0.1) is 10.2 Å². The smallest absolute Gasteiger partial charge is 0.258 e. The van der Waals surface area contributed by atoms with Crippen LogP contribution < -0.4 is 10.1 Å². The van der Waals surface area contributed by atoms with Crippen LogP contribution in [0.5, 0.6) is 5.75 Å². The molecule has 2 aromatic carbocycles. The van der Waals surface area contributed by atoms with E-state index in [4.69, 9.17) is 4.74 Å². The Labute approximate surface area is 172 Å². The first-order valence-electron chi connectivity index (χ1n) is 8.78. The van der Waals surface area contributed by atoms with Gasteiger partial charge in [0.2, 0.25) is 5.13 Å². The molecule has 144 valence electrons. The molecule has 0 aliphatic rings. The molecule has 0 atom stereocenters. The maximum absolute atomic E-state index is 13.0. The number of carbonyl (C=O) groups is 1. The maximum atomic E-state index is 13.0. The fraction of sp³-hybridized carbons (Fsp3) is 0.190. The number of nitrogens with one attached hydrogen (secondary N) is 1. The van der Waals surface area contributed by atoms with Crippen LogP contribution in [0.1, 0.15) is 25.0 Å². The summed E-state index contributed by atoms with van der Waals surface area (Å²) in [6.07, 6.45) is 1.86. The molecule has 0 saturated heterocycles. The van der Waals surface area contributed by atoms with Crippen LogP contribution >= 0.6 is 23.1 Å². The van der Waals surface area contributed by atoms with Gasteiger partial charge in [0.1, 0.15) is 5.75 Å². The molecular weight excluding hydrogens is 390 g/mol. The van der Waals surface area contributed by atoms with Crippen LogP contribution in [0.25, 0.3) is 11.6 Å². The molecule has 0 bridgehead atoms. The minimum atomic E-state index is -0.223. The zero-order valence-corrected chi connectivity index (χ0v) is 17.5.